The maximum absolute atomic E-state index is 14.9. The summed E-state index contributed by atoms with van der Waals surface area (Å²) in [5, 5.41) is 9.40. The van der Waals surface area contributed by atoms with Gasteiger partial charge in [0, 0.05) is 12.3 Å². The zero-order chi connectivity index (χ0) is 19.8. The molecule has 0 aromatic carbocycles. The number of alkyl halides is 2. The molecule has 152 valence electrons. The fourth-order valence-corrected chi connectivity index (χ4v) is 2.76. The van der Waals surface area contributed by atoms with Crippen LogP contribution in [-0.4, -0.2) is 45.4 Å². The number of nitrogens with zero attached hydrogens (tertiary/aromatic N) is 3. The highest BCUT2D eigenvalue weighted by molar-refractivity contribution is 5.88. The van der Waals surface area contributed by atoms with E-state index in [1.54, 1.807) is 23.9 Å². The molecular weight excluding hydrogens is 493 g/mol. The molecular formula is C16H17F2IN4O5. The van der Waals surface area contributed by atoms with E-state index >= 15 is 0 Å². The van der Waals surface area contributed by atoms with Crippen LogP contribution in [-0.2, 0) is 16.5 Å². The molecule has 1 aliphatic heterocycles. The predicted molar refractivity (Wildman–Crippen MR) is 85.7 cm³/mol. The second kappa shape index (κ2) is 8.45. The van der Waals surface area contributed by atoms with E-state index in [0.717, 1.165) is 12.3 Å². The zero-order valence-electron chi connectivity index (χ0n) is 14.5. The van der Waals surface area contributed by atoms with E-state index in [-0.39, 0.29) is 35.4 Å². The number of hydrogen-bond donors (Lipinski definition) is 2. The summed E-state index contributed by atoms with van der Waals surface area (Å²) in [4.78, 5) is 27.5. The molecule has 0 radical (unpaired) electrons. The Balaban J connectivity index is 0.00000280. The van der Waals surface area contributed by atoms with Crippen molar-refractivity contribution >= 4 is 11.8 Å². The van der Waals surface area contributed by atoms with Gasteiger partial charge in [0.25, 0.3) is 0 Å². The number of hydrogen-bond acceptors (Lipinski definition) is 7. The van der Waals surface area contributed by atoms with E-state index < -0.39 is 42.6 Å². The maximum Gasteiger partial charge on any atom is 0.351 e. The van der Waals surface area contributed by atoms with Gasteiger partial charge in [-0.1, -0.05) is 0 Å². The molecule has 9 nitrogen and oxygen atoms in total. The first-order chi connectivity index (χ1) is 12.7. The van der Waals surface area contributed by atoms with Crippen molar-refractivity contribution in [3.05, 3.63) is 52.8 Å². The molecule has 3 rings (SSSR count). The van der Waals surface area contributed by atoms with Crippen LogP contribution < -0.4 is 40.0 Å². The molecule has 1 aliphatic rings. The predicted octanol–water partition coefficient (Wildman–Crippen LogP) is -3.60. The van der Waals surface area contributed by atoms with Gasteiger partial charge in [-0.15, -0.1) is 0 Å². The lowest BCUT2D eigenvalue weighted by Gasteiger charge is -2.23. The molecule has 0 unspecified atom stereocenters. The van der Waals surface area contributed by atoms with Crippen LogP contribution in [0.4, 0.5) is 14.6 Å². The summed E-state index contributed by atoms with van der Waals surface area (Å²) in [6.45, 7) is -0.843. The van der Waals surface area contributed by atoms with Crippen molar-refractivity contribution in [1.29, 1.82) is 0 Å². The Hall–Kier alpha value is -2.19. The Kier molecular flexibility index (Phi) is 6.67. The Labute approximate surface area is 174 Å². The van der Waals surface area contributed by atoms with Gasteiger partial charge in [0.05, 0.1) is 6.61 Å². The number of ether oxygens (including phenoxy) is 2. The summed E-state index contributed by atoms with van der Waals surface area (Å²) in [6, 6.07) is 4.10. The number of aliphatic hydroxyl groups excluding tert-OH is 1. The third-order valence-electron chi connectivity index (χ3n) is 4.04. The lowest BCUT2D eigenvalue weighted by Crippen LogP contribution is -3.00. The van der Waals surface area contributed by atoms with Crippen molar-refractivity contribution in [2.24, 2.45) is 7.05 Å². The minimum Gasteiger partial charge on any atom is -1.00 e. The van der Waals surface area contributed by atoms with Crippen LogP contribution in [0.5, 0.6) is 0 Å². The topological polar surface area (TPSA) is 121 Å². The Bertz CT molecular complexity index is 926. The van der Waals surface area contributed by atoms with Crippen LogP contribution in [0, 0.1) is 0 Å². The summed E-state index contributed by atoms with van der Waals surface area (Å²) >= 11 is 0. The third kappa shape index (κ3) is 4.12. The number of nitrogen functional groups attached to an aromatic ring is 1. The third-order valence-corrected chi connectivity index (χ3v) is 4.04. The van der Waals surface area contributed by atoms with E-state index in [0.29, 0.717) is 4.57 Å². The van der Waals surface area contributed by atoms with E-state index in [1.165, 1.54) is 12.3 Å². The highest BCUT2D eigenvalue weighted by Crippen LogP contribution is 2.44. The van der Waals surface area contributed by atoms with E-state index in [1.807, 2.05) is 0 Å². The molecule has 0 aliphatic carbocycles. The average molecular weight is 510 g/mol. The zero-order valence-corrected chi connectivity index (χ0v) is 16.7. The van der Waals surface area contributed by atoms with Crippen LogP contribution in [0.15, 0.2) is 41.6 Å². The van der Waals surface area contributed by atoms with E-state index in [9.17, 15) is 23.5 Å². The highest BCUT2D eigenvalue weighted by atomic mass is 127. The number of carbonyl (C=O) groups excluding carboxylic acids is 1. The Morgan fingerprint density at radius 1 is 1.50 bits per heavy atom. The first-order valence-corrected chi connectivity index (χ1v) is 7.89. The molecule has 1 saturated heterocycles. The molecule has 0 spiro atoms. The van der Waals surface area contributed by atoms with Gasteiger partial charge in [0.2, 0.25) is 6.23 Å². The van der Waals surface area contributed by atoms with E-state index in [2.05, 4.69) is 4.98 Å². The first-order valence-electron chi connectivity index (χ1n) is 7.89. The minimum absolute atomic E-state index is 0. The molecule has 0 bridgehead atoms. The standard InChI is InChI=1S/C16H16F2N4O5.HI/c1-21-5-2-3-9(7-21)13(24)27-12-10(8-23)26-14(16(12,17)18)22-6-4-11(19)20-15(22)25;/h2-7,10,12,14,23H,8H2,1H3,(H-,19,20,25);1H/t10-,12-,14-;/m1./s1. The van der Waals surface area contributed by atoms with Gasteiger partial charge < -0.3 is 44.3 Å². The fraction of sp³-hybridized carbons (Fsp3) is 0.375. The lowest BCUT2D eigenvalue weighted by atomic mass is 10.1. The summed E-state index contributed by atoms with van der Waals surface area (Å²) in [5.74, 6) is -4.96. The van der Waals surface area contributed by atoms with Crippen molar-refractivity contribution < 1.29 is 56.7 Å². The maximum atomic E-state index is 14.9. The molecule has 2 aromatic rings. The number of pyridine rings is 1. The molecule has 3 N–H and O–H groups in total. The number of rotatable bonds is 4. The van der Waals surface area contributed by atoms with Gasteiger partial charge in [0.15, 0.2) is 18.5 Å². The fourth-order valence-electron chi connectivity index (χ4n) is 2.76. The molecule has 0 saturated carbocycles. The normalized spacial score (nSPS) is 23.1. The summed E-state index contributed by atoms with van der Waals surface area (Å²) in [6.07, 6.45) is -1.70. The number of halogens is 3. The second-order valence-electron chi connectivity index (χ2n) is 6.01. The molecule has 3 atom stereocenters. The monoisotopic (exact) mass is 510 g/mol. The van der Waals surface area contributed by atoms with Crippen LogP contribution in [0.25, 0.3) is 0 Å². The number of esters is 1. The summed E-state index contributed by atoms with van der Waals surface area (Å²) < 4.78 is 41.9. The SMILES string of the molecule is C[n+]1cccc(C(=O)O[C@@H]2[C@@H](CO)O[C@@H](n3ccc(N)nc3=O)C2(F)F)c1.[I-]. The van der Waals surface area contributed by atoms with Gasteiger partial charge in [-0.2, -0.15) is 13.8 Å². The quantitative estimate of drug-likeness (QED) is 0.248. The molecule has 1 fully saturated rings. The molecule has 12 heteroatoms. The molecule has 2 aromatic heterocycles. The number of aromatic nitrogens is 3. The molecule has 0 amide bonds. The van der Waals surface area contributed by atoms with Gasteiger partial charge >= 0.3 is 17.6 Å². The van der Waals surface area contributed by atoms with Gasteiger partial charge in [-0.05, 0) is 12.1 Å². The van der Waals surface area contributed by atoms with Crippen LogP contribution in [0.1, 0.15) is 16.6 Å². The Morgan fingerprint density at radius 2 is 2.21 bits per heavy atom. The van der Waals surface area contributed by atoms with Crippen molar-refractivity contribution in [2.75, 3.05) is 12.3 Å². The van der Waals surface area contributed by atoms with Crippen molar-refractivity contribution in [2.45, 2.75) is 24.4 Å². The smallest absolute Gasteiger partial charge is 0.351 e. The summed E-state index contributed by atoms with van der Waals surface area (Å²) in [5.41, 5.74) is 4.34. The van der Waals surface area contributed by atoms with Gasteiger partial charge in [-0.3, -0.25) is 4.57 Å². The highest BCUT2D eigenvalue weighted by Gasteiger charge is 2.62. The first kappa shape index (κ1) is 22.1. The number of anilines is 1. The number of nitrogens with two attached hydrogens (primary N) is 1. The van der Waals surface area contributed by atoms with Crippen molar-refractivity contribution in [3.63, 3.8) is 0 Å². The largest absolute Gasteiger partial charge is 1.00 e. The summed E-state index contributed by atoms with van der Waals surface area (Å²) in [7, 11) is 1.65. The van der Waals surface area contributed by atoms with Gasteiger partial charge in [0.1, 0.15) is 24.5 Å². The Morgan fingerprint density at radius 3 is 2.82 bits per heavy atom. The van der Waals surface area contributed by atoms with Crippen LogP contribution in [0.3, 0.4) is 0 Å². The van der Waals surface area contributed by atoms with Gasteiger partial charge in [-0.25, -0.2) is 14.2 Å². The number of aryl methyl sites for hydroxylation is 1. The van der Waals surface area contributed by atoms with Crippen molar-refractivity contribution in [1.82, 2.24) is 9.55 Å². The van der Waals surface area contributed by atoms with Crippen molar-refractivity contribution in [3.8, 4) is 0 Å². The lowest BCUT2D eigenvalue weighted by molar-refractivity contribution is -0.671. The second-order valence-corrected chi connectivity index (χ2v) is 6.01. The average Bonchev–Trinajstić information content (AvgIpc) is 2.85. The minimum atomic E-state index is -3.80. The molecule has 3 heterocycles. The molecule has 28 heavy (non-hydrogen) atoms. The van der Waals surface area contributed by atoms with Crippen LogP contribution in [0.2, 0.25) is 0 Å². The number of aliphatic hydroxyl groups is 1. The number of carbonyl (C=O) groups is 1. The van der Waals surface area contributed by atoms with E-state index in [4.69, 9.17) is 15.2 Å². The van der Waals surface area contributed by atoms with Crippen LogP contribution >= 0.6 is 0 Å².